The van der Waals surface area contributed by atoms with Crippen molar-refractivity contribution in [3.8, 4) is 11.1 Å². The number of rotatable bonds is 3. The first-order valence-corrected chi connectivity index (χ1v) is 6.93. The molecular formula is C18H15N3O2. The second-order valence-corrected chi connectivity index (χ2v) is 4.80. The van der Waals surface area contributed by atoms with Crippen LogP contribution in [-0.2, 0) is 9.59 Å². The van der Waals surface area contributed by atoms with Crippen molar-refractivity contribution < 1.29 is 9.59 Å². The Hall–Kier alpha value is -3.30. The van der Waals surface area contributed by atoms with Gasteiger partial charge in [0.1, 0.15) is 5.69 Å². The average molecular weight is 305 g/mol. The van der Waals surface area contributed by atoms with Crippen molar-refractivity contribution in [3.05, 3.63) is 71.5 Å². The molecular weight excluding hydrogens is 290 g/mol. The lowest BCUT2D eigenvalue weighted by Crippen LogP contribution is -1.79. The summed E-state index contributed by atoms with van der Waals surface area (Å²) in [4.78, 5) is 16.2. The van der Waals surface area contributed by atoms with Gasteiger partial charge in [0.2, 0.25) is 0 Å². The SMILES string of the molecule is Cc1ccc(-c2ccc(C=Cc3cn[nH]n3)cc2)cc1.O=C=O. The van der Waals surface area contributed by atoms with Gasteiger partial charge in [0.05, 0.1) is 6.20 Å². The number of carbonyl (C=O) groups excluding carboxylic acids is 2. The summed E-state index contributed by atoms with van der Waals surface area (Å²) in [7, 11) is 0. The zero-order valence-corrected chi connectivity index (χ0v) is 12.6. The third kappa shape index (κ3) is 4.88. The lowest BCUT2D eigenvalue weighted by molar-refractivity contribution is -0.191. The van der Waals surface area contributed by atoms with Gasteiger partial charge >= 0.3 is 6.15 Å². The van der Waals surface area contributed by atoms with Crippen LogP contribution in [-0.4, -0.2) is 21.6 Å². The minimum atomic E-state index is 0.250. The molecule has 0 aliphatic carbocycles. The van der Waals surface area contributed by atoms with E-state index < -0.39 is 0 Å². The molecule has 23 heavy (non-hydrogen) atoms. The topological polar surface area (TPSA) is 75.7 Å². The molecule has 3 rings (SSSR count). The zero-order chi connectivity index (χ0) is 16.5. The molecule has 3 aromatic rings. The zero-order valence-electron chi connectivity index (χ0n) is 12.6. The Bertz CT molecular complexity index is 783. The summed E-state index contributed by atoms with van der Waals surface area (Å²) in [5, 5.41) is 10.3. The molecule has 0 aliphatic rings. The number of aromatic nitrogens is 3. The fourth-order valence-corrected chi connectivity index (χ4v) is 2.01. The second-order valence-electron chi connectivity index (χ2n) is 4.80. The summed E-state index contributed by atoms with van der Waals surface area (Å²) in [5.41, 5.74) is 5.71. The van der Waals surface area contributed by atoms with Crippen molar-refractivity contribution >= 4 is 18.3 Å². The fourth-order valence-electron chi connectivity index (χ4n) is 2.01. The molecule has 0 atom stereocenters. The molecule has 114 valence electrons. The van der Waals surface area contributed by atoms with Crippen molar-refractivity contribution in [3.63, 3.8) is 0 Å². The van der Waals surface area contributed by atoms with Crippen LogP contribution in [0.4, 0.5) is 0 Å². The van der Waals surface area contributed by atoms with Gasteiger partial charge in [-0.15, -0.1) is 0 Å². The Morgan fingerprint density at radius 3 is 2.00 bits per heavy atom. The number of aromatic amines is 1. The molecule has 5 nitrogen and oxygen atoms in total. The maximum atomic E-state index is 8.12. The smallest absolute Gasteiger partial charge is 0.197 e. The number of nitrogens with zero attached hydrogens (tertiary/aromatic N) is 2. The van der Waals surface area contributed by atoms with Gasteiger partial charge in [0.15, 0.2) is 0 Å². The molecule has 0 fully saturated rings. The van der Waals surface area contributed by atoms with Crippen molar-refractivity contribution in [1.82, 2.24) is 15.4 Å². The largest absolute Gasteiger partial charge is 0.373 e. The molecule has 0 saturated heterocycles. The van der Waals surface area contributed by atoms with Crippen LogP contribution in [0.15, 0.2) is 54.7 Å². The Balaban J connectivity index is 0.000000595. The number of H-pyrrole nitrogens is 1. The lowest BCUT2D eigenvalue weighted by Gasteiger charge is -2.02. The molecule has 1 aromatic heterocycles. The Labute approximate surface area is 133 Å². The summed E-state index contributed by atoms with van der Waals surface area (Å²) < 4.78 is 0. The van der Waals surface area contributed by atoms with Gasteiger partial charge in [-0.2, -0.15) is 25.0 Å². The molecule has 1 N–H and O–H groups in total. The lowest BCUT2D eigenvalue weighted by atomic mass is 10.0. The first kappa shape index (κ1) is 16.1. The highest BCUT2D eigenvalue weighted by Gasteiger charge is 1.97. The van der Waals surface area contributed by atoms with E-state index in [2.05, 4.69) is 70.9 Å². The molecule has 0 radical (unpaired) electrons. The van der Waals surface area contributed by atoms with Crippen molar-refractivity contribution in [2.45, 2.75) is 6.92 Å². The number of benzene rings is 2. The highest BCUT2D eigenvalue weighted by Crippen LogP contribution is 2.20. The van der Waals surface area contributed by atoms with Crippen LogP contribution in [0.3, 0.4) is 0 Å². The molecule has 0 unspecified atom stereocenters. The summed E-state index contributed by atoms with van der Waals surface area (Å²) in [6, 6.07) is 17.0. The number of hydrogen-bond donors (Lipinski definition) is 1. The van der Waals surface area contributed by atoms with Crippen LogP contribution >= 0.6 is 0 Å². The van der Waals surface area contributed by atoms with Crippen molar-refractivity contribution in [2.75, 3.05) is 0 Å². The monoisotopic (exact) mass is 305 g/mol. The van der Waals surface area contributed by atoms with Gasteiger partial charge < -0.3 is 0 Å². The van der Waals surface area contributed by atoms with Crippen LogP contribution in [0, 0.1) is 6.92 Å². The van der Waals surface area contributed by atoms with E-state index in [1.807, 2.05) is 12.2 Å². The molecule has 0 saturated carbocycles. The third-order valence-electron chi connectivity index (χ3n) is 3.18. The molecule has 1 heterocycles. The van der Waals surface area contributed by atoms with E-state index in [1.54, 1.807) is 6.20 Å². The highest BCUT2D eigenvalue weighted by atomic mass is 16.2. The molecule has 0 amide bonds. The van der Waals surface area contributed by atoms with E-state index in [4.69, 9.17) is 9.59 Å². The van der Waals surface area contributed by atoms with Gasteiger partial charge in [-0.3, -0.25) is 0 Å². The summed E-state index contributed by atoms with van der Waals surface area (Å²) >= 11 is 0. The van der Waals surface area contributed by atoms with E-state index >= 15 is 0 Å². The molecule has 5 heteroatoms. The first-order valence-electron chi connectivity index (χ1n) is 6.93. The van der Waals surface area contributed by atoms with Crippen LogP contribution in [0.2, 0.25) is 0 Å². The quantitative estimate of drug-likeness (QED) is 0.805. The summed E-state index contributed by atoms with van der Waals surface area (Å²) in [5.74, 6) is 0. The minimum absolute atomic E-state index is 0.250. The maximum absolute atomic E-state index is 8.12. The highest BCUT2D eigenvalue weighted by molar-refractivity contribution is 5.70. The number of aryl methyl sites for hydroxylation is 1. The fraction of sp³-hybridized carbons (Fsp3) is 0.0556. The Morgan fingerprint density at radius 2 is 1.48 bits per heavy atom. The predicted octanol–water partition coefficient (Wildman–Crippen LogP) is 3.37. The maximum Gasteiger partial charge on any atom is 0.373 e. The minimum Gasteiger partial charge on any atom is -0.197 e. The van der Waals surface area contributed by atoms with Gasteiger partial charge in [0, 0.05) is 0 Å². The normalized spacial score (nSPS) is 9.96. The van der Waals surface area contributed by atoms with Crippen molar-refractivity contribution in [1.29, 1.82) is 0 Å². The summed E-state index contributed by atoms with van der Waals surface area (Å²) in [6.07, 6.45) is 5.90. The summed E-state index contributed by atoms with van der Waals surface area (Å²) in [6.45, 7) is 2.10. The average Bonchev–Trinajstić information content (AvgIpc) is 3.08. The van der Waals surface area contributed by atoms with Crippen LogP contribution in [0.1, 0.15) is 16.8 Å². The first-order chi connectivity index (χ1) is 11.2. The van der Waals surface area contributed by atoms with Crippen LogP contribution in [0.5, 0.6) is 0 Å². The second kappa shape index (κ2) is 8.22. The van der Waals surface area contributed by atoms with Crippen LogP contribution in [0.25, 0.3) is 23.3 Å². The molecule has 0 bridgehead atoms. The van der Waals surface area contributed by atoms with Gasteiger partial charge in [-0.05, 0) is 29.7 Å². The third-order valence-corrected chi connectivity index (χ3v) is 3.18. The van der Waals surface area contributed by atoms with E-state index in [-0.39, 0.29) is 6.15 Å². The van der Waals surface area contributed by atoms with E-state index in [9.17, 15) is 0 Å². The van der Waals surface area contributed by atoms with Gasteiger partial charge in [-0.1, -0.05) is 60.2 Å². The Morgan fingerprint density at radius 1 is 0.913 bits per heavy atom. The van der Waals surface area contributed by atoms with Crippen LogP contribution < -0.4 is 0 Å². The van der Waals surface area contributed by atoms with E-state index in [1.165, 1.54) is 16.7 Å². The Kier molecular flexibility index (Phi) is 5.74. The molecule has 0 aliphatic heterocycles. The standard InChI is InChI=1S/C17H15N3.CO2/c1-13-2-7-15(8-3-13)16-9-4-14(5-10-16)6-11-17-12-18-20-19-17;2-1-3/h2-12H,1H3,(H,18,19,20);. The van der Waals surface area contributed by atoms with Gasteiger partial charge in [-0.25, -0.2) is 0 Å². The van der Waals surface area contributed by atoms with E-state index in [0.717, 1.165) is 11.3 Å². The number of hydrogen-bond acceptors (Lipinski definition) is 4. The molecule has 2 aromatic carbocycles. The van der Waals surface area contributed by atoms with Gasteiger partial charge in [0.25, 0.3) is 0 Å². The molecule has 0 spiro atoms. The predicted molar refractivity (Wildman–Crippen MR) is 86.9 cm³/mol. The van der Waals surface area contributed by atoms with Crippen molar-refractivity contribution in [2.24, 2.45) is 0 Å². The van der Waals surface area contributed by atoms with E-state index in [0.29, 0.717) is 0 Å². The number of nitrogens with one attached hydrogen (secondary N) is 1.